The number of aromatic nitrogens is 4. The second-order valence-electron chi connectivity index (χ2n) is 8.46. The van der Waals surface area contributed by atoms with Gasteiger partial charge >= 0.3 is 0 Å². The Balaban J connectivity index is 1.27. The third kappa shape index (κ3) is 4.64. The van der Waals surface area contributed by atoms with E-state index in [1.54, 1.807) is 4.52 Å². The van der Waals surface area contributed by atoms with Crippen LogP contribution >= 0.6 is 27.3 Å². The number of thiazole rings is 1. The van der Waals surface area contributed by atoms with Crippen LogP contribution in [0.25, 0.3) is 5.52 Å². The van der Waals surface area contributed by atoms with Crippen LogP contribution in [0, 0.1) is 6.92 Å². The van der Waals surface area contributed by atoms with Crippen molar-refractivity contribution in [2.75, 3.05) is 36.8 Å². The largest absolute Gasteiger partial charge is 0.473 e. The fraction of sp³-hybridized carbons (Fsp3) is 0.524. The van der Waals surface area contributed by atoms with Crippen LogP contribution in [-0.2, 0) is 0 Å². The number of ether oxygens (including phenoxy) is 1. The maximum absolute atomic E-state index is 13.0. The number of nitrogen functional groups attached to an aromatic ring is 1. The Kier molecular flexibility index (Phi) is 6.39. The zero-order chi connectivity index (χ0) is 22.9. The van der Waals surface area contributed by atoms with Gasteiger partial charge in [-0.1, -0.05) is 0 Å². The van der Waals surface area contributed by atoms with Crippen LogP contribution in [0.3, 0.4) is 0 Å². The molecule has 12 heteroatoms. The molecule has 4 N–H and O–H groups in total. The molecule has 3 aromatic heterocycles. The molecule has 0 bridgehead atoms. The summed E-state index contributed by atoms with van der Waals surface area (Å²) in [5, 5.41) is 11.2. The second kappa shape index (κ2) is 9.43. The summed E-state index contributed by atoms with van der Waals surface area (Å²) in [5.41, 5.74) is 7.87. The molecule has 10 nitrogen and oxygen atoms in total. The van der Waals surface area contributed by atoms with Crippen molar-refractivity contribution in [3.8, 4) is 5.88 Å². The lowest BCUT2D eigenvalue weighted by Gasteiger charge is -2.34. The lowest BCUT2D eigenvalue weighted by atomic mass is 10.1. The maximum atomic E-state index is 13.0. The monoisotopic (exact) mass is 534 g/mol. The van der Waals surface area contributed by atoms with Crippen molar-refractivity contribution in [3.63, 3.8) is 0 Å². The Morgan fingerprint density at radius 3 is 3.00 bits per heavy atom. The van der Waals surface area contributed by atoms with Gasteiger partial charge in [0.2, 0.25) is 5.88 Å². The van der Waals surface area contributed by atoms with Crippen LogP contribution in [-0.4, -0.2) is 63.8 Å². The first kappa shape index (κ1) is 22.4. The van der Waals surface area contributed by atoms with E-state index < -0.39 is 0 Å². The minimum absolute atomic E-state index is 0.00354. The Bertz CT molecular complexity index is 1160. The van der Waals surface area contributed by atoms with Crippen molar-refractivity contribution in [1.29, 1.82) is 0 Å². The van der Waals surface area contributed by atoms with E-state index in [0.717, 1.165) is 66.0 Å². The number of hydrogen-bond donors (Lipinski definition) is 3. The number of piperidine rings is 2. The van der Waals surface area contributed by atoms with Gasteiger partial charge in [0.1, 0.15) is 22.6 Å². The molecule has 5 rings (SSSR count). The van der Waals surface area contributed by atoms with E-state index in [-0.39, 0.29) is 18.1 Å². The van der Waals surface area contributed by atoms with E-state index >= 15 is 0 Å². The zero-order valence-electron chi connectivity index (χ0n) is 18.4. The van der Waals surface area contributed by atoms with Crippen molar-refractivity contribution < 1.29 is 9.53 Å². The molecule has 33 heavy (non-hydrogen) atoms. The molecule has 0 saturated carbocycles. The van der Waals surface area contributed by atoms with Gasteiger partial charge in [0.15, 0.2) is 10.8 Å². The number of carbonyl (C=O) groups is 1. The number of nitrogens with one attached hydrogen (secondary N) is 2. The summed E-state index contributed by atoms with van der Waals surface area (Å²) in [6.45, 7) is 5.40. The predicted octanol–water partition coefficient (Wildman–Crippen LogP) is 2.37. The van der Waals surface area contributed by atoms with Gasteiger partial charge in [0, 0.05) is 19.1 Å². The second-order valence-corrected chi connectivity index (χ2v) is 10.5. The molecule has 0 spiro atoms. The van der Waals surface area contributed by atoms with Crippen molar-refractivity contribution in [2.24, 2.45) is 0 Å². The molecule has 2 aliphatic rings. The summed E-state index contributed by atoms with van der Waals surface area (Å²) in [6.07, 6.45) is 5.36. The minimum atomic E-state index is -0.152. The number of halogens is 1. The topological polar surface area (TPSA) is 123 Å². The van der Waals surface area contributed by atoms with Crippen LogP contribution in [0.1, 0.15) is 40.4 Å². The molecule has 0 radical (unpaired) electrons. The molecule has 2 saturated heterocycles. The number of fused-ring (bicyclic) bond motifs is 1. The fourth-order valence-corrected chi connectivity index (χ4v) is 5.71. The molecule has 0 aromatic carbocycles. The summed E-state index contributed by atoms with van der Waals surface area (Å²) in [5.74, 6) is 0.861. The Labute approximate surface area is 204 Å². The van der Waals surface area contributed by atoms with Crippen molar-refractivity contribution >= 4 is 50.2 Å². The van der Waals surface area contributed by atoms with Crippen LogP contribution in [0.5, 0.6) is 5.88 Å². The lowest BCUT2D eigenvalue weighted by molar-refractivity contribution is 0.0930. The lowest BCUT2D eigenvalue weighted by Crippen LogP contribution is -2.47. The molecule has 1 atom stereocenters. The highest BCUT2D eigenvalue weighted by atomic mass is 79.9. The van der Waals surface area contributed by atoms with E-state index in [4.69, 9.17) is 10.5 Å². The van der Waals surface area contributed by atoms with Crippen LogP contribution in [0.2, 0.25) is 0 Å². The van der Waals surface area contributed by atoms with Gasteiger partial charge in [-0.25, -0.2) is 9.50 Å². The van der Waals surface area contributed by atoms with Crippen molar-refractivity contribution in [3.05, 3.63) is 26.9 Å². The van der Waals surface area contributed by atoms with Gasteiger partial charge in [0.05, 0.1) is 10.6 Å². The first-order valence-electron chi connectivity index (χ1n) is 11.2. The summed E-state index contributed by atoms with van der Waals surface area (Å²) in [4.78, 5) is 24.8. The Morgan fingerprint density at radius 2 is 2.18 bits per heavy atom. The number of nitrogens with zero attached hydrogens (tertiary/aromatic N) is 5. The SMILES string of the molecule is Cc1sc(C(=O)N[C@@H]2CCCN(c3cc(Br)n4ncnc(N)c34)C2)nc1OC1CCNCC1. The number of carbonyl (C=O) groups excluding carboxylic acids is 1. The molecule has 3 aromatic rings. The van der Waals surface area contributed by atoms with Gasteiger partial charge < -0.3 is 26.0 Å². The van der Waals surface area contributed by atoms with E-state index in [1.807, 2.05) is 13.0 Å². The fourth-order valence-electron chi connectivity index (χ4n) is 4.47. The summed E-state index contributed by atoms with van der Waals surface area (Å²) in [7, 11) is 0. The predicted molar refractivity (Wildman–Crippen MR) is 131 cm³/mol. The van der Waals surface area contributed by atoms with Gasteiger partial charge in [-0.15, -0.1) is 11.3 Å². The molecule has 5 heterocycles. The van der Waals surface area contributed by atoms with E-state index in [9.17, 15) is 4.79 Å². The highest BCUT2D eigenvalue weighted by Crippen LogP contribution is 2.33. The maximum Gasteiger partial charge on any atom is 0.280 e. The minimum Gasteiger partial charge on any atom is -0.473 e. The number of nitrogens with two attached hydrogens (primary N) is 1. The number of rotatable bonds is 5. The molecule has 0 unspecified atom stereocenters. The highest BCUT2D eigenvalue weighted by Gasteiger charge is 2.27. The number of hydrogen-bond acceptors (Lipinski definition) is 9. The van der Waals surface area contributed by atoms with E-state index in [1.165, 1.54) is 17.7 Å². The normalized spacial score (nSPS) is 19.7. The Hall–Kier alpha value is -2.44. The van der Waals surface area contributed by atoms with Gasteiger partial charge in [-0.05, 0) is 67.7 Å². The molecular weight excluding hydrogens is 508 g/mol. The number of anilines is 2. The zero-order valence-corrected chi connectivity index (χ0v) is 20.8. The van der Waals surface area contributed by atoms with Crippen molar-refractivity contribution in [1.82, 2.24) is 30.2 Å². The quantitative estimate of drug-likeness (QED) is 0.455. The van der Waals surface area contributed by atoms with Crippen LogP contribution < -0.4 is 26.0 Å². The molecule has 176 valence electrons. The summed E-state index contributed by atoms with van der Waals surface area (Å²) < 4.78 is 8.63. The smallest absolute Gasteiger partial charge is 0.280 e. The van der Waals surface area contributed by atoms with Crippen LogP contribution in [0.4, 0.5) is 11.5 Å². The molecule has 0 aliphatic carbocycles. The van der Waals surface area contributed by atoms with Gasteiger partial charge in [-0.2, -0.15) is 10.1 Å². The average molecular weight is 535 g/mol. The molecule has 2 aliphatic heterocycles. The van der Waals surface area contributed by atoms with Gasteiger partial charge in [0.25, 0.3) is 5.91 Å². The van der Waals surface area contributed by atoms with Crippen molar-refractivity contribution in [2.45, 2.75) is 44.8 Å². The first-order valence-corrected chi connectivity index (χ1v) is 12.8. The van der Waals surface area contributed by atoms with Gasteiger partial charge in [-0.3, -0.25) is 4.79 Å². The summed E-state index contributed by atoms with van der Waals surface area (Å²) in [6, 6.07) is 2.00. The van der Waals surface area contributed by atoms with E-state index in [0.29, 0.717) is 23.3 Å². The number of aryl methyl sites for hydroxylation is 1. The molecular formula is C21H27BrN8O2S. The number of amides is 1. The third-order valence-electron chi connectivity index (χ3n) is 6.13. The standard InChI is InChI=1S/C21H27BrN8O2S/c1-12-20(32-14-4-6-24-7-5-14)28-21(33-12)19(31)27-13-3-2-8-29(10-13)15-9-16(22)30-17(15)18(23)25-11-26-30/h9,11,13-14,24H,2-8,10H2,1H3,(H,27,31)(H2,23,25,26)/t13-/m1/s1. The molecule has 2 fully saturated rings. The van der Waals surface area contributed by atoms with Crippen LogP contribution in [0.15, 0.2) is 17.0 Å². The average Bonchev–Trinajstić information content (AvgIpc) is 3.35. The van der Waals surface area contributed by atoms with E-state index in [2.05, 4.69) is 46.5 Å². The highest BCUT2D eigenvalue weighted by molar-refractivity contribution is 9.10. The summed E-state index contributed by atoms with van der Waals surface area (Å²) >= 11 is 4.93. The Morgan fingerprint density at radius 1 is 1.36 bits per heavy atom. The molecule has 1 amide bonds. The third-order valence-corrected chi connectivity index (χ3v) is 7.64. The first-order chi connectivity index (χ1) is 16.0.